The van der Waals surface area contributed by atoms with Crippen LogP contribution in [-0.2, 0) is 17.8 Å². The normalized spacial score (nSPS) is 16.8. The molecule has 0 amide bonds. The first-order chi connectivity index (χ1) is 20.7. The molecule has 0 unspecified atom stereocenters. The molecule has 212 valence electrons. The van der Waals surface area contributed by atoms with Crippen molar-refractivity contribution < 1.29 is 18.7 Å². The minimum absolute atomic E-state index is 0.0994. The Morgan fingerprint density at radius 1 is 0.833 bits per heavy atom. The first kappa shape index (κ1) is 27.5. The molecule has 2 atom stereocenters. The van der Waals surface area contributed by atoms with Crippen LogP contribution >= 0.6 is 0 Å². The summed E-state index contributed by atoms with van der Waals surface area (Å²) in [5.74, 6) is 3.87. The molecular formula is C36H34N2O4. The fourth-order valence-corrected chi connectivity index (χ4v) is 5.54. The highest BCUT2D eigenvalue weighted by molar-refractivity contribution is 5.58. The van der Waals surface area contributed by atoms with Crippen LogP contribution in [0.15, 0.2) is 114 Å². The fraction of sp³-hybridized carbons (Fsp3) is 0.222. The van der Waals surface area contributed by atoms with Crippen LogP contribution in [0.4, 0.5) is 0 Å². The number of ether oxygens (including phenoxy) is 2. The molecule has 1 fully saturated rings. The molecule has 0 spiro atoms. The summed E-state index contributed by atoms with van der Waals surface area (Å²) < 4.78 is 17.9. The molecule has 1 saturated heterocycles. The summed E-state index contributed by atoms with van der Waals surface area (Å²) in [4.78, 5) is 18.9. The zero-order chi connectivity index (χ0) is 28.7. The fourth-order valence-electron chi connectivity index (χ4n) is 5.54. The minimum Gasteiger partial charge on any atom is -0.493 e. The Kier molecular flexibility index (Phi) is 8.43. The third-order valence-corrected chi connectivity index (χ3v) is 7.77. The summed E-state index contributed by atoms with van der Waals surface area (Å²) in [5.41, 5.74) is 4.21. The SMILES string of the molecule is Cc1oc(-c2ccccc2)nc1CCOc1ccc([C@H]2CC[C@@H](C=O)N2Cc2ccc(Oc3ccccc3)cc2)cc1. The Hall–Kier alpha value is -4.68. The molecule has 2 heterocycles. The highest BCUT2D eigenvalue weighted by atomic mass is 16.5. The van der Waals surface area contributed by atoms with Crippen molar-refractivity contribution in [1.82, 2.24) is 9.88 Å². The van der Waals surface area contributed by atoms with Gasteiger partial charge < -0.3 is 18.7 Å². The second kappa shape index (κ2) is 12.9. The van der Waals surface area contributed by atoms with E-state index in [4.69, 9.17) is 13.9 Å². The zero-order valence-electron chi connectivity index (χ0n) is 23.7. The van der Waals surface area contributed by atoms with Crippen LogP contribution in [0, 0.1) is 6.92 Å². The summed E-state index contributed by atoms with van der Waals surface area (Å²) in [6, 6.07) is 36.1. The van der Waals surface area contributed by atoms with Gasteiger partial charge in [0.2, 0.25) is 5.89 Å². The van der Waals surface area contributed by atoms with Gasteiger partial charge in [-0.1, -0.05) is 60.7 Å². The summed E-state index contributed by atoms with van der Waals surface area (Å²) in [7, 11) is 0. The van der Waals surface area contributed by atoms with Gasteiger partial charge in [0.05, 0.1) is 18.3 Å². The number of carbonyl (C=O) groups is 1. The first-order valence-corrected chi connectivity index (χ1v) is 14.4. The molecule has 4 aromatic carbocycles. The van der Waals surface area contributed by atoms with Crippen molar-refractivity contribution in [2.24, 2.45) is 0 Å². The molecule has 0 N–H and O–H groups in total. The van der Waals surface area contributed by atoms with E-state index in [0.29, 0.717) is 25.5 Å². The summed E-state index contributed by atoms with van der Waals surface area (Å²) in [5, 5.41) is 0. The standard InChI is InChI=1S/C36H34N2O4/c1-26-34(37-36(41-26)29-8-4-2-5-9-29)22-23-40-31-19-14-28(15-20-31)35-21-16-30(25-39)38(35)24-27-12-17-33(18-13-27)42-32-10-6-3-7-11-32/h2-15,17-20,25,30,35H,16,21-24H2,1H3/t30-,35+/m0/s1. The van der Waals surface area contributed by atoms with Gasteiger partial charge in [-0.05, 0) is 79.4 Å². The molecule has 0 saturated carbocycles. The van der Waals surface area contributed by atoms with Gasteiger partial charge in [0.1, 0.15) is 29.3 Å². The number of benzene rings is 4. The van der Waals surface area contributed by atoms with Gasteiger partial charge in [-0.3, -0.25) is 4.90 Å². The summed E-state index contributed by atoms with van der Waals surface area (Å²) in [6.07, 6.45) is 3.54. The van der Waals surface area contributed by atoms with Crippen molar-refractivity contribution in [1.29, 1.82) is 0 Å². The van der Waals surface area contributed by atoms with Gasteiger partial charge in [-0.15, -0.1) is 0 Å². The minimum atomic E-state index is -0.0994. The van der Waals surface area contributed by atoms with E-state index in [2.05, 4.69) is 34.1 Å². The Bertz CT molecular complexity index is 1580. The van der Waals surface area contributed by atoms with Crippen LogP contribution in [0.2, 0.25) is 0 Å². The van der Waals surface area contributed by atoms with E-state index in [1.165, 1.54) is 5.56 Å². The Labute approximate surface area is 246 Å². The first-order valence-electron chi connectivity index (χ1n) is 14.4. The lowest BCUT2D eigenvalue weighted by molar-refractivity contribution is -0.112. The average molecular weight is 559 g/mol. The van der Waals surface area contributed by atoms with Gasteiger partial charge in [0.25, 0.3) is 0 Å². The van der Waals surface area contributed by atoms with E-state index >= 15 is 0 Å². The number of rotatable bonds is 11. The number of aryl methyl sites for hydroxylation is 1. The van der Waals surface area contributed by atoms with Crippen molar-refractivity contribution in [3.63, 3.8) is 0 Å². The predicted octanol–water partition coefficient (Wildman–Crippen LogP) is 7.97. The van der Waals surface area contributed by atoms with Crippen LogP contribution in [0.5, 0.6) is 17.2 Å². The number of hydrogen-bond acceptors (Lipinski definition) is 6. The quantitative estimate of drug-likeness (QED) is 0.153. The topological polar surface area (TPSA) is 64.8 Å². The van der Waals surface area contributed by atoms with E-state index in [9.17, 15) is 4.79 Å². The van der Waals surface area contributed by atoms with Crippen molar-refractivity contribution >= 4 is 6.29 Å². The number of aldehydes is 1. The predicted molar refractivity (Wildman–Crippen MR) is 163 cm³/mol. The second-order valence-electron chi connectivity index (χ2n) is 10.6. The Morgan fingerprint density at radius 2 is 1.50 bits per heavy atom. The Morgan fingerprint density at radius 3 is 2.21 bits per heavy atom. The van der Waals surface area contributed by atoms with Gasteiger partial charge in [0, 0.05) is 24.6 Å². The van der Waals surface area contributed by atoms with E-state index in [0.717, 1.165) is 59.0 Å². The van der Waals surface area contributed by atoms with Crippen molar-refractivity contribution in [3.8, 4) is 28.7 Å². The van der Waals surface area contributed by atoms with Crippen molar-refractivity contribution in [2.75, 3.05) is 6.61 Å². The molecule has 0 radical (unpaired) electrons. The third kappa shape index (κ3) is 6.45. The monoisotopic (exact) mass is 558 g/mol. The molecular weight excluding hydrogens is 524 g/mol. The number of carbonyl (C=O) groups excluding carboxylic acids is 1. The largest absolute Gasteiger partial charge is 0.493 e. The number of para-hydroxylation sites is 1. The van der Waals surface area contributed by atoms with Gasteiger partial charge in [0.15, 0.2) is 0 Å². The maximum Gasteiger partial charge on any atom is 0.226 e. The summed E-state index contributed by atoms with van der Waals surface area (Å²) >= 11 is 0. The van der Waals surface area contributed by atoms with Gasteiger partial charge in [-0.25, -0.2) is 4.98 Å². The summed E-state index contributed by atoms with van der Waals surface area (Å²) in [6.45, 7) is 3.14. The molecule has 0 bridgehead atoms. The lowest BCUT2D eigenvalue weighted by Gasteiger charge is -2.28. The number of nitrogens with zero attached hydrogens (tertiary/aromatic N) is 2. The van der Waals surface area contributed by atoms with E-state index in [1.807, 2.05) is 91.9 Å². The molecule has 1 aromatic heterocycles. The van der Waals surface area contributed by atoms with Gasteiger partial charge in [-0.2, -0.15) is 0 Å². The zero-order valence-corrected chi connectivity index (χ0v) is 23.7. The van der Waals surface area contributed by atoms with E-state index in [-0.39, 0.29) is 12.1 Å². The lowest BCUT2D eigenvalue weighted by atomic mass is 10.0. The number of aromatic nitrogens is 1. The maximum atomic E-state index is 11.9. The van der Waals surface area contributed by atoms with Crippen LogP contribution in [0.3, 0.4) is 0 Å². The highest BCUT2D eigenvalue weighted by Gasteiger charge is 2.34. The molecule has 6 nitrogen and oxygen atoms in total. The van der Waals surface area contributed by atoms with E-state index < -0.39 is 0 Å². The second-order valence-corrected chi connectivity index (χ2v) is 10.6. The molecule has 42 heavy (non-hydrogen) atoms. The smallest absolute Gasteiger partial charge is 0.226 e. The number of likely N-dealkylation sites (tertiary alicyclic amines) is 1. The average Bonchev–Trinajstić information content (AvgIpc) is 3.62. The van der Waals surface area contributed by atoms with Crippen molar-refractivity contribution in [2.45, 2.75) is 44.8 Å². The maximum absolute atomic E-state index is 11.9. The van der Waals surface area contributed by atoms with Crippen LogP contribution < -0.4 is 9.47 Å². The van der Waals surface area contributed by atoms with Crippen LogP contribution in [-0.4, -0.2) is 28.8 Å². The number of oxazole rings is 1. The Balaban J connectivity index is 1.06. The number of hydrogen-bond donors (Lipinski definition) is 0. The van der Waals surface area contributed by atoms with Crippen LogP contribution in [0.25, 0.3) is 11.5 Å². The molecule has 6 rings (SSSR count). The lowest BCUT2D eigenvalue weighted by Crippen LogP contribution is -2.32. The highest BCUT2D eigenvalue weighted by Crippen LogP contribution is 2.37. The molecule has 1 aliphatic rings. The van der Waals surface area contributed by atoms with Gasteiger partial charge >= 0.3 is 0 Å². The van der Waals surface area contributed by atoms with Crippen LogP contribution in [0.1, 0.15) is 41.5 Å². The molecule has 5 aromatic rings. The molecule has 0 aliphatic carbocycles. The molecule has 6 heteroatoms. The van der Waals surface area contributed by atoms with E-state index in [1.54, 1.807) is 0 Å². The molecule has 1 aliphatic heterocycles. The van der Waals surface area contributed by atoms with Crippen molar-refractivity contribution in [3.05, 3.63) is 132 Å². The third-order valence-electron chi connectivity index (χ3n) is 7.77.